The normalized spacial score (nSPS) is 10.3. The molecule has 0 saturated carbocycles. The lowest BCUT2D eigenvalue weighted by Crippen LogP contribution is -2.24. The number of rotatable bonds is 7. The summed E-state index contributed by atoms with van der Waals surface area (Å²) in [5.74, 6) is 0.0469. The fourth-order valence-corrected chi connectivity index (χ4v) is 2.99. The number of hydrogen-bond donors (Lipinski definition) is 2. The highest BCUT2D eigenvalue weighted by Gasteiger charge is 2.13. The number of hydrogen-bond acceptors (Lipinski definition) is 3. The molecular formula is C23H21ClN2O3. The third-order valence-corrected chi connectivity index (χ3v) is 4.71. The summed E-state index contributed by atoms with van der Waals surface area (Å²) in [6, 6.07) is 21.6. The van der Waals surface area contributed by atoms with Gasteiger partial charge in [-0.25, -0.2) is 0 Å². The Hall–Kier alpha value is -3.31. The van der Waals surface area contributed by atoms with Gasteiger partial charge in [0.25, 0.3) is 11.8 Å². The second kappa shape index (κ2) is 9.75. The lowest BCUT2D eigenvalue weighted by atomic mass is 10.1. The molecule has 3 aromatic carbocycles. The van der Waals surface area contributed by atoms with E-state index in [1.807, 2.05) is 30.3 Å². The Bertz CT molecular complexity index is 1020. The van der Waals surface area contributed by atoms with Gasteiger partial charge in [0.2, 0.25) is 0 Å². The topological polar surface area (TPSA) is 67.4 Å². The molecule has 29 heavy (non-hydrogen) atoms. The van der Waals surface area contributed by atoms with Gasteiger partial charge in [-0.3, -0.25) is 9.59 Å². The first-order chi connectivity index (χ1) is 14.1. The lowest BCUT2D eigenvalue weighted by molar-refractivity contribution is 0.0944. The van der Waals surface area contributed by atoms with Gasteiger partial charge in [-0.05, 0) is 35.9 Å². The number of para-hydroxylation sites is 1. The molecule has 6 heteroatoms. The Labute approximate surface area is 174 Å². The highest BCUT2D eigenvalue weighted by Crippen LogP contribution is 2.22. The van der Waals surface area contributed by atoms with E-state index in [0.29, 0.717) is 28.4 Å². The number of halogens is 1. The van der Waals surface area contributed by atoms with Crippen LogP contribution >= 0.6 is 11.6 Å². The standard InChI is InChI=1S/C23H21ClN2O3/c1-25-22(27)17-9-6-7-16(13-17)14-26-23(28)19-10-3-5-12-21(19)29-15-18-8-2-4-11-20(18)24/h2-13H,14-15H2,1H3,(H,25,27)(H,26,28). The van der Waals surface area contributed by atoms with Crippen molar-refractivity contribution in [2.75, 3.05) is 7.05 Å². The SMILES string of the molecule is CNC(=O)c1cccc(CNC(=O)c2ccccc2OCc2ccccc2Cl)c1. The maximum absolute atomic E-state index is 12.7. The third kappa shape index (κ3) is 5.36. The minimum atomic E-state index is -0.259. The molecule has 0 aliphatic rings. The maximum Gasteiger partial charge on any atom is 0.255 e. The van der Waals surface area contributed by atoms with E-state index in [2.05, 4.69) is 10.6 Å². The van der Waals surface area contributed by atoms with Crippen LogP contribution in [0.2, 0.25) is 5.02 Å². The van der Waals surface area contributed by atoms with Crippen molar-refractivity contribution in [3.63, 3.8) is 0 Å². The summed E-state index contributed by atoms with van der Waals surface area (Å²) in [4.78, 5) is 24.5. The third-order valence-electron chi connectivity index (χ3n) is 4.34. The molecule has 0 spiro atoms. The molecular weight excluding hydrogens is 388 g/mol. The fraction of sp³-hybridized carbons (Fsp3) is 0.130. The zero-order valence-corrected chi connectivity index (χ0v) is 16.7. The van der Waals surface area contributed by atoms with Crippen LogP contribution in [0.4, 0.5) is 0 Å². The van der Waals surface area contributed by atoms with Crippen molar-refractivity contribution in [3.8, 4) is 5.75 Å². The minimum Gasteiger partial charge on any atom is -0.488 e. The average Bonchev–Trinajstić information content (AvgIpc) is 2.76. The number of carbonyl (C=O) groups excluding carboxylic acids is 2. The first-order valence-electron chi connectivity index (χ1n) is 9.13. The molecule has 0 fully saturated rings. The zero-order chi connectivity index (χ0) is 20.6. The van der Waals surface area contributed by atoms with E-state index in [9.17, 15) is 9.59 Å². The van der Waals surface area contributed by atoms with Crippen LogP contribution in [0.5, 0.6) is 5.75 Å². The van der Waals surface area contributed by atoms with Gasteiger partial charge in [-0.1, -0.05) is 54.1 Å². The zero-order valence-electron chi connectivity index (χ0n) is 15.9. The Kier molecular flexibility index (Phi) is 6.87. The largest absolute Gasteiger partial charge is 0.488 e. The Morgan fingerprint density at radius 3 is 2.48 bits per heavy atom. The van der Waals surface area contributed by atoms with E-state index >= 15 is 0 Å². The number of ether oxygens (including phenoxy) is 1. The summed E-state index contributed by atoms with van der Waals surface area (Å²) in [5, 5.41) is 6.07. The molecule has 0 aromatic heterocycles. The molecule has 0 aliphatic carbocycles. The van der Waals surface area contributed by atoms with Crippen molar-refractivity contribution in [3.05, 3.63) is 100 Å². The van der Waals surface area contributed by atoms with Gasteiger partial charge in [0.05, 0.1) is 5.56 Å². The molecule has 2 amide bonds. The summed E-state index contributed by atoms with van der Waals surface area (Å²) in [6.45, 7) is 0.556. The van der Waals surface area contributed by atoms with Gasteiger partial charge in [0, 0.05) is 29.7 Å². The van der Waals surface area contributed by atoms with Crippen molar-refractivity contribution in [2.24, 2.45) is 0 Å². The van der Waals surface area contributed by atoms with Gasteiger partial charge in [-0.2, -0.15) is 0 Å². The Morgan fingerprint density at radius 1 is 0.931 bits per heavy atom. The van der Waals surface area contributed by atoms with Crippen LogP contribution in [0, 0.1) is 0 Å². The quantitative estimate of drug-likeness (QED) is 0.615. The minimum absolute atomic E-state index is 0.170. The predicted molar refractivity (Wildman–Crippen MR) is 113 cm³/mol. The summed E-state index contributed by atoms with van der Waals surface area (Å²) < 4.78 is 5.84. The molecule has 0 radical (unpaired) electrons. The van der Waals surface area contributed by atoms with Gasteiger partial charge in [-0.15, -0.1) is 0 Å². The lowest BCUT2D eigenvalue weighted by Gasteiger charge is -2.13. The van der Waals surface area contributed by atoms with Crippen molar-refractivity contribution in [2.45, 2.75) is 13.2 Å². The maximum atomic E-state index is 12.7. The van der Waals surface area contributed by atoms with E-state index in [-0.39, 0.29) is 18.4 Å². The van der Waals surface area contributed by atoms with Crippen LogP contribution in [0.1, 0.15) is 31.8 Å². The molecule has 0 saturated heterocycles. The number of amides is 2. The van der Waals surface area contributed by atoms with Crippen LogP contribution < -0.4 is 15.4 Å². The molecule has 5 nitrogen and oxygen atoms in total. The van der Waals surface area contributed by atoms with Gasteiger partial charge in [0.1, 0.15) is 12.4 Å². The molecule has 3 rings (SSSR count). The second-order valence-electron chi connectivity index (χ2n) is 6.34. The number of carbonyl (C=O) groups is 2. The highest BCUT2D eigenvalue weighted by atomic mass is 35.5. The second-order valence-corrected chi connectivity index (χ2v) is 6.75. The average molecular weight is 409 g/mol. The van der Waals surface area contributed by atoms with Crippen LogP contribution in [-0.2, 0) is 13.2 Å². The molecule has 0 bridgehead atoms. The van der Waals surface area contributed by atoms with Crippen molar-refractivity contribution >= 4 is 23.4 Å². The van der Waals surface area contributed by atoms with Crippen molar-refractivity contribution < 1.29 is 14.3 Å². The Balaban J connectivity index is 1.67. The van der Waals surface area contributed by atoms with Crippen molar-refractivity contribution in [1.82, 2.24) is 10.6 Å². The van der Waals surface area contributed by atoms with Crippen LogP contribution in [0.3, 0.4) is 0 Å². The first kappa shape index (κ1) is 20.4. The smallest absolute Gasteiger partial charge is 0.255 e. The molecule has 0 atom stereocenters. The van der Waals surface area contributed by atoms with E-state index < -0.39 is 0 Å². The Morgan fingerprint density at radius 2 is 1.69 bits per heavy atom. The van der Waals surface area contributed by atoms with Gasteiger partial charge < -0.3 is 15.4 Å². The molecule has 2 N–H and O–H groups in total. The van der Waals surface area contributed by atoms with E-state index in [4.69, 9.17) is 16.3 Å². The van der Waals surface area contributed by atoms with Crippen molar-refractivity contribution in [1.29, 1.82) is 0 Å². The molecule has 0 aliphatic heterocycles. The predicted octanol–water partition coefficient (Wildman–Crippen LogP) is 4.21. The summed E-state index contributed by atoms with van der Waals surface area (Å²) in [6.07, 6.45) is 0. The molecule has 0 heterocycles. The first-order valence-corrected chi connectivity index (χ1v) is 9.50. The number of benzene rings is 3. The number of nitrogens with one attached hydrogen (secondary N) is 2. The van der Waals surface area contributed by atoms with E-state index in [1.165, 1.54) is 0 Å². The molecule has 148 valence electrons. The fourth-order valence-electron chi connectivity index (χ4n) is 2.80. The molecule has 0 unspecified atom stereocenters. The van der Waals surface area contributed by atoms with Crippen LogP contribution in [-0.4, -0.2) is 18.9 Å². The van der Waals surface area contributed by atoms with Crippen LogP contribution in [0.25, 0.3) is 0 Å². The van der Waals surface area contributed by atoms with E-state index in [1.54, 1.807) is 49.5 Å². The monoisotopic (exact) mass is 408 g/mol. The summed E-state index contributed by atoms with van der Waals surface area (Å²) in [7, 11) is 1.58. The summed E-state index contributed by atoms with van der Waals surface area (Å²) in [5.41, 5.74) is 2.65. The molecule has 3 aromatic rings. The van der Waals surface area contributed by atoms with Crippen LogP contribution in [0.15, 0.2) is 72.8 Å². The summed E-state index contributed by atoms with van der Waals surface area (Å²) >= 11 is 6.17. The van der Waals surface area contributed by atoms with Gasteiger partial charge in [0.15, 0.2) is 0 Å². The highest BCUT2D eigenvalue weighted by molar-refractivity contribution is 6.31. The van der Waals surface area contributed by atoms with E-state index in [0.717, 1.165) is 11.1 Å². The van der Waals surface area contributed by atoms with Gasteiger partial charge >= 0.3 is 0 Å².